The molecule has 0 spiro atoms. The molecule has 0 aliphatic heterocycles. The Morgan fingerprint density at radius 3 is 2.71 bits per heavy atom. The first-order chi connectivity index (χ1) is 6.59. The summed E-state index contributed by atoms with van der Waals surface area (Å²) in [5.41, 5.74) is 1.39. The van der Waals surface area contributed by atoms with Crippen LogP contribution in [0.1, 0.15) is 0 Å². The Kier molecular flexibility index (Phi) is 2.55. The number of hydrogen-bond acceptors (Lipinski definition) is 2. The highest BCUT2D eigenvalue weighted by Gasteiger charge is 2.13. The lowest BCUT2D eigenvalue weighted by Crippen LogP contribution is -2.19. The van der Waals surface area contributed by atoms with Crippen molar-refractivity contribution in [3.63, 3.8) is 0 Å². The summed E-state index contributed by atoms with van der Waals surface area (Å²) in [4.78, 5) is 4.16. The van der Waals surface area contributed by atoms with E-state index in [1.165, 1.54) is 0 Å². The van der Waals surface area contributed by atoms with Gasteiger partial charge in [0, 0.05) is 12.3 Å². The second-order valence-corrected chi connectivity index (χ2v) is 7.10. The highest BCUT2D eigenvalue weighted by molar-refractivity contribution is 6.69. The van der Waals surface area contributed by atoms with Crippen LogP contribution in [-0.2, 0) is 0 Å². The normalized spacial score (nSPS) is 11.5. The SMILES string of the molecule is C[SiH](C)c1cc2ncc(Cl)c(Cl)c2o1. The molecule has 0 radical (unpaired) electrons. The maximum atomic E-state index is 5.99. The van der Waals surface area contributed by atoms with Crippen molar-refractivity contribution in [2.75, 3.05) is 0 Å². The molecule has 5 heteroatoms. The van der Waals surface area contributed by atoms with Gasteiger partial charge in [-0.2, -0.15) is 0 Å². The fourth-order valence-corrected chi connectivity index (χ4v) is 2.39. The Balaban J connectivity index is 2.71. The van der Waals surface area contributed by atoms with E-state index in [1.54, 1.807) is 6.20 Å². The van der Waals surface area contributed by atoms with Crippen LogP contribution in [0.15, 0.2) is 16.7 Å². The number of aromatic nitrogens is 1. The van der Waals surface area contributed by atoms with Crippen molar-refractivity contribution in [1.29, 1.82) is 0 Å². The van der Waals surface area contributed by atoms with Gasteiger partial charge in [0.25, 0.3) is 0 Å². The Morgan fingerprint density at radius 1 is 1.36 bits per heavy atom. The topological polar surface area (TPSA) is 26.0 Å². The summed E-state index contributed by atoms with van der Waals surface area (Å²) >= 11 is 11.8. The summed E-state index contributed by atoms with van der Waals surface area (Å²) in [6.45, 7) is 4.38. The Morgan fingerprint density at radius 2 is 2.07 bits per heavy atom. The number of furan rings is 1. The minimum absolute atomic E-state index is 0.436. The van der Waals surface area contributed by atoms with Crippen molar-refractivity contribution < 1.29 is 4.42 Å². The summed E-state index contributed by atoms with van der Waals surface area (Å²) < 4.78 is 5.62. The van der Waals surface area contributed by atoms with E-state index in [2.05, 4.69) is 18.1 Å². The molecule has 0 N–H and O–H groups in total. The summed E-state index contributed by atoms with van der Waals surface area (Å²) in [5, 5.41) is 1.90. The number of rotatable bonds is 1. The van der Waals surface area contributed by atoms with E-state index in [9.17, 15) is 0 Å². The Labute approximate surface area is 93.4 Å². The molecule has 0 fully saturated rings. The van der Waals surface area contributed by atoms with Crippen LogP contribution in [0.3, 0.4) is 0 Å². The van der Waals surface area contributed by atoms with Crippen LogP contribution in [0.4, 0.5) is 0 Å². The summed E-state index contributed by atoms with van der Waals surface area (Å²) in [6, 6.07) is 1.95. The molecule has 2 rings (SSSR count). The zero-order chi connectivity index (χ0) is 10.3. The molecule has 0 saturated carbocycles. The van der Waals surface area contributed by atoms with Gasteiger partial charge in [-0.05, 0) is 0 Å². The molecule has 2 nitrogen and oxygen atoms in total. The van der Waals surface area contributed by atoms with Gasteiger partial charge in [0.2, 0.25) is 0 Å². The molecule has 0 aliphatic carbocycles. The molecule has 2 aromatic rings. The van der Waals surface area contributed by atoms with Crippen molar-refractivity contribution in [2.24, 2.45) is 0 Å². The van der Waals surface area contributed by atoms with Crippen molar-refractivity contribution in [1.82, 2.24) is 4.98 Å². The fraction of sp³-hybridized carbons (Fsp3) is 0.222. The van der Waals surface area contributed by atoms with E-state index in [1.807, 2.05) is 6.07 Å². The van der Waals surface area contributed by atoms with Crippen LogP contribution in [0.25, 0.3) is 11.1 Å². The minimum Gasteiger partial charge on any atom is -0.463 e. The van der Waals surface area contributed by atoms with Gasteiger partial charge in [-0.1, -0.05) is 36.3 Å². The monoisotopic (exact) mass is 245 g/mol. The predicted octanol–water partition coefficient (Wildman–Crippen LogP) is 2.83. The molecular formula is C9H9Cl2NOSi. The molecule has 74 valence electrons. The van der Waals surface area contributed by atoms with Gasteiger partial charge >= 0.3 is 0 Å². The maximum absolute atomic E-state index is 5.99. The van der Waals surface area contributed by atoms with Crippen LogP contribution in [0.5, 0.6) is 0 Å². The van der Waals surface area contributed by atoms with Gasteiger partial charge in [0.1, 0.15) is 19.3 Å². The lowest BCUT2D eigenvalue weighted by molar-refractivity contribution is 0.650. The Hall–Kier alpha value is -0.513. The van der Waals surface area contributed by atoms with Crippen LogP contribution in [0, 0.1) is 0 Å². The molecule has 0 bridgehead atoms. The molecule has 2 heterocycles. The summed E-state index contributed by atoms with van der Waals surface area (Å²) in [7, 11) is -0.949. The third-order valence-electron chi connectivity index (χ3n) is 2.03. The van der Waals surface area contributed by atoms with Crippen molar-refractivity contribution in [3.8, 4) is 0 Å². The van der Waals surface area contributed by atoms with Gasteiger partial charge in [-0.25, -0.2) is 0 Å². The first-order valence-electron chi connectivity index (χ1n) is 4.33. The molecule has 0 saturated heterocycles. The van der Waals surface area contributed by atoms with E-state index in [0.29, 0.717) is 15.6 Å². The van der Waals surface area contributed by atoms with Gasteiger partial charge in [0.15, 0.2) is 5.58 Å². The van der Waals surface area contributed by atoms with Gasteiger partial charge in [-0.3, -0.25) is 4.98 Å². The summed E-state index contributed by atoms with van der Waals surface area (Å²) in [5.74, 6) is 0. The Bertz CT molecular complexity index is 481. The number of pyridine rings is 1. The fourth-order valence-electron chi connectivity index (χ4n) is 1.23. The van der Waals surface area contributed by atoms with Crippen LogP contribution in [0.2, 0.25) is 23.1 Å². The van der Waals surface area contributed by atoms with Gasteiger partial charge < -0.3 is 4.42 Å². The van der Waals surface area contributed by atoms with Crippen LogP contribution < -0.4 is 5.38 Å². The zero-order valence-electron chi connectivity index (χ0n) is 7.84. The van der Waals surface area contributed by atoms with Gasteiger partial charge in [0.05, 0.1) is 10.4 Å². The quantitative estimate of drug-likeness (QED) is 0.723. The second-order valence-electron chi connectivity index (χ2n) is 3.44. The average Bonchev–Trinajstić information content (AvgIpc) is 2.56. The molecule has 14 heavy (non-hydrogen) atoms. The van der Waals surface area contributed by atoms with Crippen LogP contribution in [-0.4, -0.2) is 13.8 Å². The number of halogens is 2. The lowest BCUT2D eigenvalue weighted by Gasteiger charge is -1.95. The maximum Gasteiger partial charge on any atom is 0.172 e. The van der Waals surface area contributed by atoms with Crippen molar-refractivity contribution >= 4 is 48.5 Å². The smallest absolute Gasteiger partial charge is 0.172 e. The van der Waals surface area contributed by atoms with E-state index in [-0.39, 0.29) is 0 Å². The minimum atomic E-state index is -0.949. The molecule has 0 aliphatic rings. The van der Waals surface area contributed by atoms with E-state index in [4.69, 9.17) is 27.6 Å². The van der Waals surface area contributed by atoms with Crippen molar-refractivity contribution in [2.45, 2.75) is 13.1 Å². The molecule has 0 atom stereocenters. The van der Waals surface area contributed by atoms with E-state index < -0.39 is 8.80 Å². The van der Waals surface area contributed by atoms with Crippen molar-refractivity contribution in [3.05, 3.63) is 22.3 Å². The molecule has 0 unspecified atom stereocenters. The van der Waals surface area contributed by atoms with Gasteiger partial charge in [-0.15, -0.1) is 0 Å². The van der Waals surface area contributed by atoms with E-state index >= 15 is 0 Å². The lowest BCUT2D eigenvalue weighted by atomic mass is 10.4. The number of nitrogens with zero attached hydrogens (tertiary/aromatic N) is 1. The number of fused-ring (bicyclic) bond motifs is 1. The predicted molar refractivity (Wildman–Crippen MR) is 62.5 cm³/mol. The highest BCUT2D eigenvalue weighted by Crippen LogP contribution is 2.28. The molecule has 2 aromatic heterocycles. The third kappa shape index (κ3) is 1.56. The number of hydrogen-bond donors (Lipinski definition) is 0. The average molecular weight is 246 g/mol. The molecular weight excluding hydrogens is 237 g/mol. The summed E-state index contributed by atoms with van der Waals surface area (Å²) in [6.07, 6.45) is 1.55. The second kappa shape index (κ2) is 3.57. The molecule has 0 amide bonds. The highest BCUT2D eigenvalue weighted by atomic mass is 35.5. The largest absolute Gasteiger partial charge is 0.463 e. The molecule has 0 aromatic carbocycles. The van der Waals surface area contributed by atoms with Crippen LogP contribution >= 0.6 is 23.2 Å². The standard InChI is InChI=1S/C9H9Cl2NOSi/c1-14(2)7-3-6-9(13-7)8(11)5(10)4-12-6/h3-4,14H,1-2H3. The van der Waals surface area contributed by atoms with E-state index in [0.717, 1.165) is 10.9 Å². The third-order valence-corrected chi connectivity index (χ3v) is 4.21. The first-order valence-corrected chi connectivity index (χ1v) is 7.97. The first kappa shape index (κ1) is 10.0. The zero-order valence-corrected chi connectivity index (χ0v) is 10.5.